The fourth-order valence-electron chi connectivity index (χ4n) is 2.31. The second kappa shape index (κ2) is 7.47. The zero-order valence-electron chi connectivity index (χ0n) is 11.9. The van der Waals surface area contributed by atoms with Crippen molar-refractivity contribution in [3.8, 4) is 6.07 Å². The molecule has 0 aliphatic heterocycles. The average molecular weight is 264 g/mol. The molecule has 0 spiro atoms. The van der Waals surface area contributed by atoms with Gasteiger partial charge in [-0.05, 0) is 36.2 Å². The van der Waals surface area contributed by atoms with E-state index in [2.05, 4.69) is 42.2 Å². The molecule has 0 bridgehead atoms. The van der Waals surface area contributed by atoms with Crippen molar-refractivity contribution in [1.29, 1.82) is 5.26 Å². The Morgan fingerprint density at radius 3 is 2.05 bits per heavy atom. The molecule has 0 aliphatic carbocycles. The van der Waals surface area contributed by atoms with E-state index in [4.69, 9.17) is 5.26 Å². The molecule has 0 aliphatic rings. The second-order valence-corrected chi connectivity index (χ2v) is 5.00. The topological polar surface area (TPSA) is 27.0 Å². The molecule has 0 N–H and O–H groups in total. The fourth-order valence-corrected chi connectivity index (χ4v) is 2.31. The van der Waals surface area contributed by atoms with Gasteiger partial charge in [0.15, 0.2) is 0 Å². The van der Waals surface area contributed by atoms with E-state index in [9.17, 15) is 0 Å². The summed E-state index contributed by atoms with van der Waals surface area (Å²) in [6.45, 7) is 5.18. The van der Waals surface area contributed by atoms with Gasteiger partial charge in [-0.15, -0.1) is 0 Å². The summed E-state index contributed by atoms with van der Waals surface area (Å²) in [6, 6.07) is 20.6. The molecule has 2 aromatic rings. The van der Waals surface area contributed by atoms with E-state index >= 15 is 0 Å². The molecule has 0 saturated heterocycles. The molecule has 2 aromatic carbocycles. The van der Waals surface area contributed by atoms with Crippen LogP contribution in [0.5, 0.6) is 0 Å². The van der Waals surface area contributed by atoms with Crippen molar-refractivity contribution in [2.75, 3.05) is 6.54 Å². The zero-order chi connectivity index (χ0) is 14.2. The third-order valence-corrected chi connectivity index (χ3v) is 3.28. The molecule has 0 amide bonds. The lowest BCUT2D eigenvalue weighted by Crippen LogP contribution is -2.23. The van der Waals surface area contributed by atoms with E-state index in [1.54, 1.807) is 0 Å². The molecule has 2 heteroatoms. The van der Waals surface area contributed by atoms with Gasteiger partial charge in [-0.25, -0.2) is 0 Å². The zero-order valence-corrected chi connectivity index (χ0v) is 11.9. The molecular formula is C18H20N2. The van der Waals surface area contributed by atoms with Gasteiger partial charge in [0.25, 0.3) is 0 Å². The molecular weight excluding hydrogens is 244 g/mol. The average Bonchev–Trinajstić information content (AvgIpc) is 2.49. The monoisotopic (exact) mass is 264 g/mol. The highest BCUT2D eigenvalue weighted by molar-refractivity contribution is 5.31. The molecule has 0 saturated carbocycles. The first-order chi connectivity index (χ1) is 9.81. The SMILES string of the molecule is CCCN(Cc1ccccc1)Cc1ccc(C#N)cc1. The molecule has 0 radical (unpaired) electrons. The lowest BCUT2D eigenvalue weighted by atomic mass is 10.1. The van der Waals surface area contributed by atoms with Crippen LogP contribution in [0, 0.1) is 11.3 Å². The highest BCUT2D eigenvalue weighted by Gasteiger charge is 2.06. The van der Waals surface area contributed by atoms with Gasteiger partial charge < -0.3 is 0 Å². The smallest absolute Gasteiger partial charge is 0.0991 e. The molecule has 0 heterocycles. The maximum Gasteiger partial charge on any atom is 0.0991 e. The van der Waals surface area contributed by atoms with Crippen LogP contribution in [0.15, 0.2) is 54.6 Å². The Balaban J connectivity index is 2.03. The summed E-state index contributed by atoms with van der Waals surface area (Å²) in [4.78, 5) is 2.44. The summed E-state index contributed by atoms with van der Waals surface area (Å²) >= 11 is 0. The molecule has 20 heavy (non-hydrogen) atoms. The van der Waals surface area contributed by atoms with Crippen molar-refractivity contribution in [3.05, 3.63) is 71.3 Å². The minimum atomic E-state index is 0.721. The Kier molecular flexibility index (Phi) is 5.34. The van der Waals surface area contributed by atoms with Crippen molar-refractivity contribution >= 4 is 0 Å². The van der Waals surface area contributed by atoms with Crippen LogP contribution < -0.4 is 0 Å². The highest BCUT2D eigenvalue weighted by atomic mass is 15.1. The fraction of sp³-hybridized carbons (Fsp3) is 0.278. The Bertz CT molecular complexity index is 552. The van der Waals surface area contributed by atoms with Gasteiger partial charge in [-0.1, -0.05) is 49.4 Å². The first kappa shape index (κ1) is 14.3. The third kappa shape index (κ3) is 4.22. The number of nitriles is 1. The molecule has 0 aromatic heterocycles. The molecule has 0 fully saturated rings. The number of hydrogen-bond donors (Lipinski definition) is 0. The summed E-state index contributed by atoms with van der Waals surface area (Å²) in [5.74, 6) is 0. The number of nitrogens with zero attached hydrogens (tertiary/aromatic N) is 2. The van der Waals surface area contributed by atoms with Gasteiger partial charge in [0.05, 0.1) is 11.6 Å². The van der Waals surface area contributed by atoms with E-state index in [1.807, 2.05) is 30.3 Å². The molecule has 2 nitrogen and oxygen atoms in total. The molecule has 2 rings (SSSR count). The van der Waals surface area contributed by atoms with Crippen LogP contribution in [-0.2, 0) is 13.1 Å². The summed E-state index contributed by atoms with van der Waals surface area (Å²) < 4.78 is 0. The molecule has 0 atom stereocenters. The first-order valence-electron chi connectivity index (χ1n) is 7.07. The lowest BCUT2D eigenvalue weighted by Gasteiger charge is -2.22. The summed E-state index contributed by atoms with van der Waals surface area (Å²) in [6.07, 6.45) is 1.14. The Morgan fingerprint density at radius 1 is 0.900 bits per heavy atom. The van der Waals surface area contributed by atoms with E-state index in [0.29, 0.717) is 0 Å². The van der Waals surface area contributed by atoms with Crippen LogP contribution in [0.1, 0.15) is 30.0 Å². The van der Waals surface area contributed by atoms with Crippen molar-refractivity contribution < 1.29 is 0 Å². The van der Waals surface area contributed by atoms with E-state index < -0.39 is 0 Å². The maximum absolute atomic E-state index is 8.83. The second-order valence-electron chi connectivity index (χ2n) is 5.00. The summed E-state index contributed by atoms with van der Waals surface area (Å²) in [5, 5.41) is 8.83. The van der Waals surface area contributed by atoms with Gasteiger partial charge in [0.2, 0.25) is 0 Å². The Morgan fingerprint density at radius 2 is 1.50 bits per heavy atom. The normalized spacial score (nSPS) is 10.4. The van der Waals surface area contributed by atoms with Gasteiger partial charge in [0.1, 0.15) is 0 Å². The van der Waals surface area contributed by atoms with Crippen LogP contribution in [0.2, 0.25) is 0 Å². The van der Waals surface area contributed by atoms with Gasteiger partial charge in [-0.3, -0.25) is 4.90 Å². The largest absolute Gasteiger partial charge is 0.295 e. The van der Waals surface area contributed by atoms with Crippen molar-refractivity contribution in [3.63, 3.8) is 0 Å². The number of hydrogen-bond acceptors (Lipinski definition) is 2. The van der Waals surface area contributed by atoms with Crippen molar-refractivity contribution in [2.45, 2.75) is 26.4 Å². The van der Waals surface area contributed by atoms with Gasteiger partial charge in [-0.2, -0.15) is 5.26 Å². The predicted molar refractivity (Wildman–Crippen MR) is 82.0 cm³/mol. The minimum Gasteiger partial charge on any atom is -0.295 e. The van der Waals surface area contributed by atoms with Crippen LogP contribution in [0.3, 0.4) is 0 Å². The van der Waals surface area contributed by atoms with Crippen LogP contribution in [-0.4, -0.2) is 11.4 Å². The maximum atomic E-state index is 8.83. The van der Waals surface area contributed by atoms with E-state index in [-0.39, 0.29) is 0 Å². The number of benzene rings is 2. The van der Waals surface area contributed by atoms with Crippen LogP contribution in [0.25, 0.3) is 0 Å². The van der Waals surface area contributed by atoms with E-state index in [0.717, 1.165) is 31.6 Å². The van der Waals surface area contributed by atoms with Crippen LogP contribution in [0.4, 0.5) is 0 Å². The number of rotatable bonds is 6. The minimum absolute atomic E-state index is 0.721. The quantitative estimate of drug-likeness (QED) is 0.789. The van der Waals surface area contributed by atoms with E-state index in [1.165, 1.54) is 11.1 Å². The lowest BCUT2D eigenvalue weighted by molar-refractivity contribution is 0.257. The van der Waals surface area contributed by atoms with Gasteiger partial charge >= 0.3 is 0 Å². The van der Waals surface area contributed by atoms with Crippen LogP contribution >= 0.6 is 0 Å². The Labute approximate surface area is 121 Å². The molecule has 0 unspecified atom stereocenters. The summed E-state index contributed by atoms with van der Waals surface area (Å²) in [7, 11) is 0. The summed E-state index contributed by atoms with van der Waals surface area (Å²) in [5.41, 5.74) is 3.32. The highest BCUT2D eigenvalue weighted by Crippen LogP contribution is 2.11. The standard InChI is InChI=1S/C18H20N2/c1-2-12-20(14-17-6-4-3-5-7-17)15-18-10-8-16(13-19)9-11-18/h3-11H,2,12,14-15H2,1H3. The predicted octanol–water partition coefficient (Wildman–Crippen LogP) is 3.97. The Hall–Kier alpha value is -2.11. The third-order valence-electron chi connectivity index (χ3n) is 3.28. The van der Waals surface area contributed by atoms with Gasteiger partial charge in [0, 0.05) is 13.1 Å². The van der Waals surface area contributed by atoms with Crippen molar-refractivity contribution in [1.82, 2.24) is 4.90 Å². The van der Waals surface area contributed by atoms with Crippen molar-refractivity contribution in [2.24, 2.45) is 0 Å². The first-order valence-corrected chi connectivity index (χ1v) is 7.07. The molecule has 102 valence electrons.